The fourth-order valence-corrected chi connectivity index (χ4v) is 3.46. The predicted octanol–water partition coefficient (Wildman–Crippen LogP) is 4.77. The van der Waals surface area contributed by atoms with Gasteiger partial charge in [-0.15, -0.1) is 11.8 Å². The number of ether oxygens (including phenoxy) is 1. The Morgan fingerprint density at radius 3 is 2.61 bits per heavy atom. The van der Waals surface area contributed by atoms with Crippen molar-refractivity contribution in [2.75, 3.05) is 19.5 Å². The van der Waals surface area contributed by atoms with Crippen LogP contribution in [0.15, 0.2) is 35.2 Å². The Morgan fingerprint density at radius 1 is 1.26 bits per heavy atom. The van der Waals surface area contributed by atoms with Crippen LogP contribution in [-0.4, -0.2) is 29.8 Å². The Labute approximate surface area is 147 Å². The molecule has 0 saturated heterocycles. The van der Waals surface area contributed by atoms with E-state index in [0.29, 0.717) is 10.8 Å². The summed E-state index contributed by atoms with van der Waals surface area (Å²) in [6.07, 6.45) is 0.944. The number of ketones is 1. The maximum absolute atomic E-state index is 12.5. The van der Waals surface area contributed by atoms with E-state index >= 15 is 0 Å². The van der Waals surface area contributed by atoms with Crippen molar-refractivity contribution in [1.82, 2.24) is 4.57 Å². The molecule has 1 aromatic heterocycles. The summed E-state index contributed by atoms with van der Waals surface area (Å²) in [5.74, 6) is 0.598. The maximum atomic E-state index is 12.5. The number of nitrogens with zero attached hydrogens (tertiary/aromatic N) is 1. The molecule has 0 spiro atoms. The Bertz CT molecular complexity index is 664. The van der Waals surface area contributed by atoms with Crippen LogP contribution < -0.4 is 0 Å². The summed E-state index contributed by atoms with van der Waals surface area (Å²) in [5, 5.41) is 0.709. The fourth-order valence-electron chi connectivity index (χ4n) is 2.55. The molecule has 0 N–H and O–H groups in total. The molecule has 0 fully saturated rings. The molecule has 0 atom stereocenters. The second-order valence-electron chi connectivity index (χ2n) is 5.45. The first kappa shape index (κ1) is 18.1. The standard InChI is InChI=1S/C18H22ClNO2S/c1-13-11-17(14(2)20(13)9-4-10-22-3)18(21)12-23-16-7-5-15(19)6-8-16/h5-8,11H,4,9-10,12H2,1-3H3. The molecule has 2 aromatic rings. The Morgan fingerprint density at radius 2 is 1.96 bits per heavy atom. The number of hydrogen-bond acceptors (Lipinski definition) is 3. The monoisotopic (exact) mass is 351 g/mol. The van der Waals surface area contributed by atoms with E-state index in [-0.39, 0.29) is 5.78 Å². The van der Waals surface area contributed by atoms with Gasteiger partial charge in [-0.1, -0.05) is 11.6 Å². The normalized spacial score (nSPS) is 11.0. The molecule has 0 amide bonds. The van der Waals surface area contributed by atoms with Crippen LogP contribution >= 0.6 is 23.4 Å². The Kier molecular flexibility index (Phi) is 6.75. The lowest BCUT2D eigenvalue weighted by atomic mass is 10.2. The zero-order valence-electron chi connectivity index (χ0n) is 13.8. The molecule has 1 aromatic carbocycles. The van der Waals surface area contributed by atoms with Gasteiger partial charge >= 0.3 is 0 Å². The number of rotatable bonds is 8. The largest absolute Gasteiger partial charge is 0.385 e. The first-order valence-corrected chi connectivity index (χ1v) is 8.96. The van der Waals surface area contributed by atoms with Gasteiger partial charge in [-0.3, -0.25) is 4.79 Å². The first-order valence-electron chi connectivity index (χ1n) is 7.60. The van der Waals surface area contributed by atoms with Gasteiger partial charge in [0.25, 0.3) is 0 Å². The average Bonchev–Trinajstić information content (AvgIpc) is 2.82. The lowest BCUT2D eigenvalue weighted by Gasteiger charge is -2.09. The van der Waals surface area contributed by atoms with Crippen molar-refractivity contribution in [1.29, 1.82) is 0 Å². The lowest BCUT2D eigenvalue weighted by molar-refractivity contribution is 0.102. The number of aryl methyl sites for hydroxylation is 1. The molecule has 0 radical (unpaired) electrons. The van der Waals surface area contributed by atoms with Crippen LogP contribution in [0.3, 0.4) is 0 Å². The molecule has 5 heteroatoms. The molecule has 0 unspecified atom stereocenters. The Hall–Kier alpha value is -1.23. The average molecular weight is 352 g/mol. The molecule has 1 heterocycles. The molecule has 2 rings (SSSR count). The number of hydrogen-bond donors (Lipinski definition) is 0. The molecule has 124 valence electrons. The van der Waals surface area contributed by atoms with Crippen molar-refractivity contribution in [3.8, 4) is 0 Å². The minimum Gasteiger partial charge on any atom is -0.385 e. The van der Waals surface area contributed by atoms with Gasteiger partial charge in [-0.25, -0.2) is 0 Å². The number of methoxy groups -OCH3 is 1. The van der Waals surface area contributed by atoms with Gasteiger partial charge in [0.15, 0.2) is 5.78 Å². The van der Waals surface area contributed by atoms with E-state index in [9.17, 15) is 4.79 Å². The summed E-state index contributed by atoms with van der Waals surface area (Å²) >= 11 is 7.42. The summed E-state index contributed by atoms with van der Waals surface area (Å²) in [4.78, 5) is 13.6. The van der Waals surface area contributed by atoms with Gasteiger partial charge < -0.3 is 9.30 Å². The van der Waals surface area contributed by atoms with Crippen molar-refractivity contribution in [3.05, 3.63) is 52.3 Å². The van der Waals surface area contributed by atoms with Gasteiger partial charge in [0.2, 0.25) is 0 Å². The van der Waals surface area contributed by atoms with E-state index in [4.69, 9.17) is 16.3 Å². The summed E-state index contributed by atoms with van der Waals surface area (Å²) in [6.45, 7) is 5.67. The maximum Gasteiger partial charge on any atom is 0.174 e. The van der Waals surface area contributed by atoms with Crippen LogP contribution in [0.25, 0.3) is 0 Å². The van der Waals surface area contributed by atoms with E-state index in [0.717, 1.165) is 41.4 Å². The van der Waals surface area contributed by atoms with E-state index in [2.05, 4.69) is 4.57 Å². The number of aromatic nitrogens is 1. The predicted molar refractivity (Wildman–Crippen MR) is 96.9 cm³/mol. The first-order chi connectivity index (χ1) is 11.0. The number of thioether (sulfide) groups is 1. The van der Waals surface area contributed by atoms with Crippen molar-refractivity contribution < 1.29 is 9.53 Å². The minimum absolute atomic E-state index is 0.163. The van der Waals surface area contributed by atoms with Crippen LogP contribution in [-0.2, 0) is 11.3 Å². The lowest BCUT2D eigenvalue weighted by Crippen LogP contribution is -2.08. The fraction of sp³-hybridized carbons (Fsp3) is 0.389. The van der Waals surface area contributed by atoms with Gasteiger partial charge in [0.1, 0.15) is 0 Å². The minimum atomic E-state index is 0.163. The molecule has 0 saturated carbocycles. The highest BCUT2D eigenvalue weighted by molar-refractivity contribution is 8.00. The van der Waals surface area contributed by atoms with Crippen molar-refractivity contribution in [3.63, 3.8) is 0 Å². The topological polar surface area (TPSA) is 31.2 Å². The Balaban J connectivity index is 2.01. The summed E-state index contributed by atoms with van der Waals surface area (Å²) < 4.78 is 7.29. The number of Topliss-reactive ketones (excluding diaryl/α,β-unsaturated/α-hetero) is 1. The van der Waals surface area contributed by atoms with Gasteiger partial charge in [-0.05, 0) is 50.6 Å². The zero-order valence-corrected chi connectivity index (χ0v) is 15.3. The molecular formula is C18H22ClNO2S. The van der Waals surface area contributed by atoms with Crippen LogP contribution in [0.5, 0.6) is 0 Å². The third-order valence-corrected chi connectivity index (χ3v) is 5.05. The third-order valence-electron chi connectivity index (χ3n) is 3.79. The third kappa shape index (κ3) is 4.87. The summed E-state index contributed by atoms with van der Waals surface area (Å²) in [7, 11) is 1.71. The van der Waals surface area contributed by atoms with Crippen LogP contribution in [0, 0.1) is 13.8 Å². The highest BCUT2D eigenvalue weighted by atomic mass is 35.5. The van der Waals surface area contributed by atoms with E-state index in [1.165, 1.54) is 11.8 Å². The molecule has 0 aliphatic heterocycles. The quantitative estimate of drug-likeness (QED) is 0.390. The number of carbonyl (C=O) groups excluding carboxylic acids is 1. The molecule has 0 aliphatic carbocycles. The highest BCUT2D eigenvalue weighted by Gasteiger charge is 2.15. The van der Waals surface area contributed by atoms with E-state index in [1.807, 2.05) is 44.2 Å². The highest BCUT2D eigenvalue weighted by Crippen LogP contribution is 2.23. The van der Waals surface area contributed by atoms with Crippen LogP contribution in [0.1, 0.15) is 28.2 Å². The van der Waals surface area contributed by atoms with Crippen molar-refractivity contribution in [2.24, 2.45) is 0 Å². The number of carbonyl (C=O) groups is 1. The molecular weight excluding hydrogens is 330 g/mol. The second kappa shape index (κ2) is 8.57. The molecule has 3 nitrogen and oxygen atoms in total. The van der Waals surface area contributed by atoms with Gasteiger partial charge in [0.05, 0.1) is 5.75 Å². The van der Waals surface area contributed by atoms with Crippen LogP contribution in [0.4, 0.5) is 0 Å². The number of benzene rings is 1. The molecule has 0 aliphatic rings. The van der Waals surface area contributed by atoms with Gasteiger partial charge in [0, 0.05) is 47.1 Å². The van der Waals surface area contributed by atoms with Gasteiger partial charge in [-0.2, -0.15) is 0 Å². The van der Waals surface area contributed by atoms with Crippen molar-refractivity contribution in [2.45, 2.75) is 31.7 Å². The zero-order chi connectivity index (χ0) is 16.8. The number of halogens is 1. The summed E-state index contributed by atoms with van der Waals surface area (Å²) in [5.41, 5.74) is 2.99. The van der Waals surface area contributed by atoms with E-state index < -0.39 is 0 Å². The molecule has 23 heavy (non-hydrogen) atoms. The summed E-state index contributed by atoms with van der Waals surface area (Å²) in [6, 6.07) is 9.56. The van der Waals surface area contributed by atoms with E-state index in [1.54, 1.807) is 7.11 Å². The molecule has 0 bridgehead atoms. The van der Waals surface area contributed by atoms with Crippen molar-refractivity contribution >= 4 is 29.1 Å². The van der Waals surface area contributed by atoms with Crippen LogP contribution in [0.2, 0.25) is 5.02 Å². The SMILES string of the molecule is COCCCn1c(C)cc(C(=O)CSc2ccc(Cl)cc2)c1C. The second-order valence-corrected chi connectivity index (χ2v) is 6.93. The smallest absolute Gasteiger partial charge is 0.174 e.